The lowest BCUT2D eigenvalue weighted by Gasteiger charge is -2.29. The average molecular weight is 280 g/mol. The van der Waals surface area contributed by atoms with Crippen LogP contribution in [0, 0.1) is 11.8 Å². The van der Waals surface area contributed by atoms with E-state index < -0.39 is 0 Å². The highest BCUT2D eigenvalue weighted by atomic mass is 14.3. The van der Waals surface area contributed by atoms with Crippen molar-refractivity contribution in [2.45, 2.75) is 46.0 Å². The van der Waals surface area contributed by atoms with E-state index in [4.69, 9.17) is 0 Å². The SMILES string of the molecule is CC(C)C(CC(c1ccccc1)C(C)C)c1ccccc1. The molecule has 0 amide bonds. The molecule has 0 saturated carbocycles. The first-order valence-electron chi connectivity index (χ1n) is 8.19. The third-order valence-corrected chi connectivity index (χ3v) is 4.57. The lowest BCUT2D eigenvalue weighted by atomic mass is 9.75. The fourth-order valence-corrected chi connectivity index (χ4v) is 3.26. The highest BCUT2D eigenvalue weighted by molar-refractivity contribution is 5.24. The van der Waals surface area contributed by atoms with Crippen LogP contribution in [0.2, 0.25) is 0 Å². The maximum Gasteiger partial charge on any atom is -0.0133 e. The minimum Gasteiger partial charge on any atom is -0.0622 e. The standard InChI is InChI=1S/C21H28/c1-16(2)20(18-11-7-5-8-12-18)15-21(17(3)4)19-13-9-6-10-14-19/h5-14,16-17,20-21H,15H2,1-4H3. The summed E-state index contributed by atoms with van der Waals surface area (Å²) in [6, 6.07) is 22.0. The Morgan fingerprint density at radius 3 is 1.19 bits per heavy atom. The maximum absolute atomic E-state index is 2.35. The Kier molecular flexibility index (Phi) is 5.61. The summed E-state index contributed by atoms with van der Waals surface area (Å²) >= 11 is 0. The molecule has 2 aromatic rings. The van der Waals surface area contributed by atoms with Gasteiger partial charge in [-0.1, -0.05) is 88.4 Å². The first kappa shape index (κ1) is 15.8. The predicted octanol–water partition coefficient (Wildman–Crippen LogP) is 6.26. The minimum atomic E-state index is 0.624. The Bertz CT molecular complexity index is 461. The molecule has 0 nitrogen and oxygen atoms in total. The first-order valence-corrected chi connectivity index (χ1v) is 8.19. The van der Waals surface area contributed by atoms with Crippen molar-refractivity contribution < 1.29 is 0 Å². The van der Waals surface area contributed by atoms with Crippen LogP contribution in [0.5, 0.6) is 0 Å². The highest BCUT2D eigenvalue weighted by Gasteiger charge is 2.24. The molecule has 0 aliphatic rings. The fraction of sp³-hybridized carbons (Fsp3) is 0.429. The van der Waals surface area contributed by atoms with Crippen LogP contribution in [-0.4, -0.2) is 0 Å². The van der Waals surface area contributed by atoms with Crippen LogP contribution >= 0.6 is 0 Å². The van der Waals surface area contributed by atoms with Gasteiger partial charge in [0.15, 0.2) is 0 Å². The second kappa shape index (κ2) is 7.45. The van der Waals surface area contributed by atoms with E-state index in [9.17, 15) is 0 Å². The maximum atomic E-state index is 2.35. The highest BCUT2D eigenvalue weighted by Crippen LogP contribution is 2.38. The molecule has 2 unspecified atom stereocenters. The molecule has 0 heterocycles. The second-order valence-corrected chi connectivity index (χ2v) is 6.76. The van der Waals surface area contributed by atoms with Crippen LogP contribution in [0.1, 0.15) is 57.1 Å². The van der Waals surface area contributed by atoms with E-state index in [0.717, 1.165) is 0 Å². The third kappa shape index (κ3) is 4.20. The van der Waals surface area contributed by atoms with Gasteiger partial charge in [0.2, 0.25) is 0 Å². The molecule has 0 radical (unpaired) electrons. The molecule has 2 aromatic carbocycles. The number of hydrogen-bond donors (Lipinski definition) is 0. The zero-order chi connectivity index (χ0) is 15.2. The predicted molar refractivity (Wildman–Crippen MR) is 92.7 cm³/mol. The number of benzene rings is 2. The van der Waals surface area contributed by atoms with Crippen LogP contribution in [-0.2, 0) is 0 Å². The van der Waals surface area contributed by atoms with Crippen LogP contribution < -0.4 is 0 Å². The lowest BCUT2D eigenvalue weighted by Crippen LogP contribution is -2.15. The Labute approximate surface area is 130 Å². The molecule has 0 aliphatic carbocycles. The number of rotatable bonds is 6. The molecule has 0 heteroatoms. The molecule has 0 N–H and O–H groups in total. The van der Waals surface area contributed by atoms with E-state index >= 15 is 0 Å². The monoisotopic (exact) mass is 280 g/mol. The summed E-state index contributed by atoms with van der Waals surface area (Å²) in [6.45, 7) is 9.39. The van der Waals surface area contributed by atoms with Gasteiger partial charge in [-0.15, -0.1) is 0 Å². The van der Waals surface area contributed by atoms with Gasteiger partial charge >= 0.3 is 0 Å². The van der Waals surface area contributed by atoms with E-state index in [0.29, 0.717) is 23.7 Å². The Balaban J connectivity index is 2.25. The quantitative estimate of drug-likeness (QED) is 0.586. The zero-order valence-electron chi connectivity index (χ0n) is 13.8. The fourth-order valence-electron chi connectivity index (χ4n) is 3.26. The smallest absolute Gasteiger partial charge is 0.0133 e. The van der Waals surface area contributed by atoms with Crippen molar-refractivity contribution in [2.24, 2.45) is 11.8 Å². The minimum absolute atomic E-state index is 0.624. The van der Waals surface area contributed by atoms with Crippen LogP contribution in [0.4, 0.5) is 0 Å². The summed E-state index contributed by atoms with van der Waals surface area (Å²) in [4.78, 5) is 0. The average Bonchev–Trinajstić information content (AvgIpc) is 2.49. The lowest BCUT2D eigenvalue weighted by molar-refractivity contribution is 0.374. The van der Waals surface area contributed by atoms with Gasteiger partial charge in [0, 0.05) is 0 Å². The first-order chi connectivity index (χ1) is 10.1. The largest absolute Gasteiger partial charge is 0.0622 e. The molecule has 0 spiro atoms. The molecule has 0 fully saturated rings. The molecule has 2 atom stereocenters. The van der Waals surface area contributed by atoms with E-state index in [-0.39, 0.29) is 0 Å². The van der Waals surface area contributed by atoms with Crippen molar-refractivity contribution in [2.75, 3.05) is 0 Å². The topological polar surface area (TPSA) is 0 Å². The Hall–Kier alpha value is -1.56. The summed E-state index contributed by atoms with van der Waals surface area (Å²) in [6.07, 6.45) is 1.23. The zero-order valence-corrected chi connectivity index (χ0v) is 13.8. The van der Waals surface area contributed by atoms with Gasteiger partial charge < -0.3 is 0 Å². The van der Waals surface area contributed by atoms with Crippen molar-refractivity contribution in [3.05, 3.63) is 71.8 Å². The van der Waals surface area contributed by atoms with Crippen LogP contribution in [0.3, 0.4) is 0 Å². The molecule has 0 bridgehead atoms. The Morgan fingerprint density at radius 1 is 0.571 bits per heavy atom. The van der Waals surface area contributed by atoms with Crippen molar-refractivity contribution in [3.8, 4) is 0 Å². The van der Waals surface area contributed by atoms with Gasteiger partial charge in [0.1, 0.15) is 0 Å². The van der Waals surface area contributed by atoms with Gasteiger partial charge in [0.05, 0.1) is 0 Å². The van der Waals surface area contributed by atoms with Gasteiger partial charge in [0.25, 0.3) is 0 Å². The van der Waals surface area contributed by atoms with Crippen LogP contribution in [0.15, 0.2) is 60.7 Å². The summed E-state index contributed by atoms with van der Waals surface area (Å²) < 4.78 is 0. The van der Waals surface area contributed by atoms with Gasteiger partial charge in [-0.3, -0.25) is 0 Å². The van der Waals surface area contributed by atoms with Crippen molar-refractivity contribution in [3.63, 3.8) is 0 Å². The summed E-state index contributed by atoms with van der Waals surface area (Å²) in [5, 5.41) is 0. The normalized spacial score (nSPS) is 14.4. The van der Waals surface area contributed by atoms with Crippen molar-refractivity contribution in [1.29, 1.82) is 0 Å². The van der Waals surface area contributed by atoms with Crippen molar-refractivity contribution >= 4 is 0 Å². The van der Waals surface area contributed by atoms with Gasteiger partial charge in [-0.2, -0.15) is 0 Å². The molecule has 0 aliphatic heterocycles. The van der Waals surface area contributed by atoms with Crippen molar-refractivity contribution in [1.82, 2.24) is 0 Å². The Morgan fingerprint density at radius 2 is 0.905 bits per heavy atom. The molecule has 2 rings (SSSR count). The molecule has 21 heavy (non-hydrogen) atoms. The summed E-state index contributed by atoms with van der Waals surface area (Å²) in [5.74, 6) is 2.58. The molecular weight excluding hydrogens is 252 g/mol. The van der Waals surface area contributed by atoms with E-state index in [1.807, 2.05) is 0 Å². The van der Waals surface area contributed by atoms with E-state index in [2.05, 4.69) is 88.4 Å². The summed E-state index contributed by atoms with van der Waals surface area (Å²) in [5.41, 5.74) is 2.96. The van der Waals surface area contributed by atoms with E-state index in [1.54, 1.807) is 0 Å². The van der Waals surface area contributed by atoms with E-state index in [1.165, 1.54) is 17.5 Å². The molecule has 0 saturated heterocycles. The van der Waals surface area contributed by atoms with Gasteiger partial charge in [-0.05, 0) is 41.2 Å². The molecular formula is C21H28. The molecule has 112 valence electrons. The second-order valence-electron chi connectivity index (χ2n) is 6.76. The van der Waals surface area contributed by atoms with Gasteiger partial charge in [-0.25, -0.2) is 0 Å². The number of hydrogen-bond acceptors (Lipinski definition) is 0. The third-order valence-electron chi connectivity index (χ3n) is 4.57. The van der Waals surface area contributed by atoms with Crippen LogP contribution in [0.25, 0.3) is 0 Å². The molecule has 0 aromatic heterocycles. The summed E-state index contributed by atoms with van der Waals surface area (Å²) in [7, 11) is 0.